The van der Waals surface area contributed by atoms with Crippen LogP contribution < -0.4 is 15.5 Å². The third kappa shape index (κ3) is 8.17. The smallest absolute Gasteiger partial charge is 0.418 e. The van der Waals surface area contributed by atoms with Gasteiger partial charge < -0.3 is 34.1 Å². The molecule has 2 saturated heterocycles. The van der Waals surface area contributed by atoms with Crippen molar-refractivity contribution in [3.05, 3.63) is 59.5 Å². The minimum Gasteiger partial charge on any atom is -0.465 e. The molecule has 0 aliphatic carbocycles. The minimum absolute atomic E-state index is 0.119. The lowest BCUT2D eigenvalue weighted by molar-refractivity contribution is -0.169. The largest absolute Gasteiger partial charge is 0.465 e. The van der Waals surface area contributed by atoms with E-state index in [2.05, 4.69) is 10.5 Å². The van der Waals surface area contributed by atoms with Crippen LogP contribution in [0.25, 0.3) is 11.1 Å². The predicted octanol–water partition coefficient (Wildman–Crippen LogP) is 5.54. The topological polar surface area (TPSA) is 152 Å². The van der Waals surface area contributed by atoms with E-state index in [1.165, 1.54) is 17.2 Å². The average molecular weight is 633 g/mol. The van der Waals surface area contributed by atoms with Crippen molar-refractivity contribution in [3.8, 4) is 11.1 Å². The van der Waals surface area contributed by atoms with Gasteiger partial charge in [0.25, 0.3) is 0 Å². The Morgan fingerprint density at radius 2 is 1.82 bits per heavy atom. The third-order valence-electron chi connectivity index (χ3n) is 7.31. The number of nitrogens with zero attached hydrogens (tertiary/aromatic N) is 2. The van der Waals surface area contributed by atoms with Gasteiger partial charge in [-0.1, -0.05) is 23.4 Å². The number of rotatable bonds is 10. The highest BCUT2D eigenvalue weighted by molar-refractivity contribution is 6.12. The standard InChI is InChI=1S/C30H31F3N4O8/c31-30(32,33)21-13-22(23(35-29(40)41)14-25(21)37-7-10-42-11-8-37)34-27(39)15-26(38)19-5-3-4-18(12-19)20-16-45-36-24(20)17-44-28-6-1-2-9-43-28/h3-5,12-14,16,28,35H,1-2,6-11,15,17H2,(H,34,39)(H,40,41). The molecule has 2 fully saturated rings. The summed E-state index contributed by atoms with van der Waals surface area (Å²) in [6.07, 6.45) is -3.28. The normalized spacial score (nSPS) is 17.1. The Balaban J connectivity index is 1.31. The maximum absolute atomic E-state index is 14.1. The van der Waals surface area contributed by atoms with Crippen LogP contribution in [-0.2, 0) is 31.8 Å². The maximum Gasteiger partial charge on any atom is 0.418 e. The summed E-state index contributed by atoms with van der Waals surface area (Å²) in [6, 6.07) is 8.05. The van der Waals surface area contributed by atoms with Gasteiger partial charge in [0.15, 0.2) is 12.1 Å². The van der Waals surface area contributed by atoms with Crippen molar-refractivity contribution < 1.29 is 51.4 Å². The first-order chi connectivity index (χ1) is 21.6. The summed E-state index contributed by atoms with van der Waals surface area (Å²) >= 11 is 0. The molecule has 12 nitrogen and oxygen atoms in total. The highest BCUT2D eigenvalue weighted by Crippen LogP contribution is 2.42. The molecule has 2 amide bonds. The summed E-state index contributed by atoms with van der Waals surface area (Å²) < 4.78 is 64.0. The Labute approximate surface area is 255 Å². The number of Topliss-reactive ketones (excluding diaryl/α,β-unsaturated/α-hetero) is 1. The molecule has 0 bridgehead atoms. The maximum atomic E-state index is 14.1. The third-order valence-corrected chi connectivity index (χ3v) is 7.31. The van der Waals surface area contributed by atoms with E-state index in [1.54, 1.807) is 18.2 Å². The molecule has 1 atom stereocenters. The number of aromatic nitrogens is 1. The Kier molecular flexibility index (Phi) is 10.0. The minimum atomic E-state index is -4.82. The number of hydrogen-bond acceptors (Lipinski definition) is 9. The fraction of sp³-hybridized carbons (Fsp3) is 0.400. The van der Waals surface area contributed by atoms with E-state index in [4.69, 9.17) is 18.7 Å². The number of carbonyl (C=O) groups is 3. The van der Waals surface area contributed by atoms with Gasteiger partial charge in [-0.15, -0.1) is 0 Å². The molecule has 3 aromatic rings. The predicted molar refractivity (Wildman–Crippen MR) is 154 cm³/mol. The van der Waals surface area contributed by atoms with Crippen molar-refractivity contribution in [2.24, 2.45) is 0 Å². The van der Waals surface area contributed by atoms with Gasteiger partial charge in [0, 0.05) is 30.8 Å². The second kappa shape index (κ2) is 14.1. The molecule has 3 N–H and O–H groups in total. The second-order valence-electron chi connectivity index (χ2n) is 10.5. The van der Waals surface area contributed by atoms with Crippen LogP contribution in [0.15, 0.2) is 47.2 Å². The van der Waals surface area contributed by atoms with Crippen molar-refractivity contribution in [1.82, 2.24) is 5.16 Å². The van der Waals surface area contributed by atoms with Crippen LogP contribution in [0.5, 0.6) is 0 Å². The van der Waals surface area contributed by atoms with Gasteiger partial charge in [-0.2, -0.15) is 13.2 Å². The number of morpholine rings is 1. The Bertz CT molecular complexity index is 1530. The number of benzene rings is 2. The number of ketones is 1. The van der Waals surface area contributed by atoms with E-state index in [0.29, 0.717) is 29.5 Å². The fourth-order valence-corrected chi connectivity index (χ4v) is 5.12. The van der Waals surface area contributed by atoms with Crippen molar-refractivity contribution in [1.29, 1.82) is 0 Å². The van der Waals surface area contributed by atoms with E-state index < -0.39 is 41.6 Å². The molecule has 5 rings (SSSR count). The van der Waals surface area contributed by atoms with Crippen LogP contribution in [0.4, 0.5) is 35.0 Å². The number of halogens is 3. The number of carbonyl (C=O) groups excluding carboxylic acids is 2. The quantitative estimate of drug-likeness (QED) is 0.192. The molecular formula is C30H31F3N4O8. The van der Waals surface area contributed by atoms with Gasteiger partial charge in [-0.3, -0.25) is 14.9 Å². The van der Waals surface area contributed by atoms with E-state index >= 15 is 0 Å². The van der Waals surface area contributed by atoms with Gasteiger partial charge in [-0.05, 0) is 43.0 Å². The average Bonchev–Trinajstić information content (AvgIpc) is 3.50. The zero-order valence-corrected chi connectivity index (χ0v) is 24.0. The first-order valence-corrected chi connectivity index (χ1v) is 14.3. The van der Waals surface area contributed by atoms with Gasteiger partial charge in [0.2, 0.25) is 5.91 Å². The Morgan fingerprint density at radius 1 is 1.04 bits per heavy atom. The highest BCUT2D eigenvalue weighted by atomic mass is 19.4. The molecule has 0 radical (unpaired) electrons. The van der Waals surface area contributed by atoms with Crippen LogP contribution >= 0.6 is 0 Å². The zero-order valence-electron chi connectivity index (χ0n) is 24.0. The lowest BCUT2D eigenvalue weighted by Gasteiger charge is -2.32. The fourth-order valence-electron chi connectivity index (χ4n) is 5.12. The summed E-state index contributed by atoms with van der Waals surface area (Å²) in [5, 5.41) is 17.6. The molecule has 0 saturated carbocycles. The molecule has 1 aromatic heterocycles. The number of amides is 2. The van der Waals surface area contributed by atoms with Gasteiger partial charge >= 0.3 is 12.3 Å². The monoisotopic (exact) mass is 632 g/mol. The van der Waals surface area contributed by atoms with Crippen molar-refractivity contribution in [3.63, 3.8) is 0 Å². The lowest BCUT2D eigenvalue weighted by atomic mass is 10.0. The molecule has 1 unspecified atom stereocenters. The van der Waals surface area contributed by atoms with Crippen LogP contribution in [0.1, 0.15) is 47.3 Å². The number of anilines is 3. The first-order valence-electron chi connectivity index (χ1n) is 14.3. The van der Waals surface area contributed by atoms with E-state index in [9.17, 15) is 32.7 Å². The summed E-state index contributed by atoms with van der Waals surface area (Å²) in [7, 11) is 0. The van der Waals surface area contributed by atoms with Gasteiger partial charge in [-0.25, -0.2) is 4.79 Å². The van der Waals surface area contributed by atoms with E-state index in [-0.39, 0.29) is 56.1 Å². The number of carboxylic acid groups (broad SMARTS) is 1. The number of hydrogen-bond donors (Lipinski definition) is 3. The lowest BCUT2D eigenvalue weighted by Crippen LogP contribution is -2.37. The molecule has 45 heavy (non-hydrogen) atoms. The van der Waals surface area contributed by atoms with Crippen molar-refractivity contribution in [2.75, 3.05) is 48.4 Å². The van der Waals surface area contributed by atoms with Crippen LogP contribution in [-0.4, -0.2) is 67.2 Å². The molecular weight excluding hydrogens is 601 g/mol. The number of nitrogens with one attached hydrogen (secondary N) is 2. The SMILES string of the molecule is O=C(O)Nc1cc(N2CCOCC2)c(C(F)(F)F)cc1NC(=O)CC(=O)c1cccc(-c2conc2COC2CCCCO2)c1. The first kappa shape index (κ1) is 31.9. The van der Waals surface area contributed by atoms with Crippen LogP contribution in [0.3, 0.4) is 0 Å². The molecule has 2 aliphatic rings. The molecule has 3 heterocycles. The Morgan fingerprint density at radius 3 is 2.53 bits per heavy atom. The molecule has 0 spiro atoms. The van der Waals surface area contributed by atoms with Gasteiger partial charge in [0.1, 0.15) is 12.0 Å². The van der Waals surface area contributed by atoms with Crippen LogP contribution in [0.2, 0.25) is 0 Å². The second-order valence-corrected chi connectivity index (χ2v) is 10.5. The molecule has 15 heteroatoms. The Hall–Kier alpha value is -4.47. The summed E-state index contributed by atoms with van der Waals surface area (Å²) in [4.78, 5) is 38.9. The zero-order chi connectivity index (χ0) is 32.0. The van der Waals surface area contributed by atoms with E-state index in [0.717, 1.165) is 25.3 Å². The molecule has 240 valence electrons. The van der Waals surface area contributed by atoms with Crippen molar-refractivity contribution in [2.45, 2.75) is 44.8 Å². The van der Waals surface area contributed by atoms with Crippen LogP contribution in [0, 0.1) is 0 Å². The molecule has 2 aliphatic heterocycles. The van der Waals surface area contributed by atoms with Crippen molar-refractivity contribution >= 4 is 34.8 Å². The highest BCUT2D eigenvalue weighted by Gasteiger charge is 2.37. The summed E-state index contributed by atoms with van der Waals surface area (Å²) in [5.74, 6) is -1.55. The summed E-state index contributed by atoms with van der Waals surface area (Å²) in [6.45, 7) is 1.45. The van der Waals surface area contributed by atoms with E-state index in [1.807, 2.05) is 5.32 Å². The summed E-state index contributed by atoms with van der Waals surface area (Å²) in [5.41, 5.74) is -0.241. The van der Waals surface area contributed by atoms with Gasteiger partial charge in [0.05, 0.1) is 48.9 Å². The number of alkyl halides is 3. The number of ether oxygens (including phenoxy) is 3. The molecule has 2 aromatic carbocycles.